The van der Waals surface area contributed by atoms with E-state index in [1.165, 1.54) is 0 Å². The van der Waals surface area contributed by atoms with Crippen LogP contribution in [-0.2, 0) is 25.5 Å². The Morgan fingerprint density at radius 2 is 1.79 bits per heavy atom. The Morgan fingerprint density at radius 1 is 1.05 bits per heavy atom. The van der Waals surface area contributed by atoms with Crippen molar-refractivity contribution >= 4 is 23.9 Å². The third-order valence-corrected chi connectivity index (χ3v) is 8.16. The molecule has 0 spiro atoms. The van der Waals surface area contributed by atoms with Gasteiger partial charge in [0.1, 0.15) is 5.60 Å². The van der Waals surface area contributed by atoms with Gasteiger partial charge in [0.15, 0.2) is 11.5 Å². The summed E-state index contributed by atoms with van der Waals surface area (Å²) in [4.78, 5) is 53.6. The Morgan fingerprint density at radius 3 is 2.50 bits per heavy atom. The normalized spacial score (nSPS) is 19.7. The van der Waals surface area contributed by atoms with E-state index in [9.17, 15) is 24.3 Å². The van der Waals surface area contributed by atoms with E-state index < -0.39 is 17.6 Å². The van der Waals surface area contributed by atoms with Crippen molar-refractivity contribution in [3.8, 4) is 11.5 Å². The Kier molecular flexibility index (Phi) is 10.6. The summed E-state index contributed by atoms with van der Waals surface area (Å²) in [5.74, 6) is 0.257. The van der Waals surface area contributed by atoms with E-state index in [0.717, 1.165) is 31.2 Å². The van der Waals surface area contributed by atoms with Gasteiger partial charge in [-0.2, -0.15) is 0 Å². The number of carbonyl (C=O) groups excluding carboxylic acids is 3. The van der Waals surface area contributed by atoms with Crippen molar-refractivity contribution in [1.29, 1.82) is 0 Å². The van der Waals surface area contributed by atoms with Crippen LogP contribution in [0.4, 0.5) is 4.79 Å². The monoisotopic (exact) mass is 587 g/mol. The van der Waals surface area contributed by atoms with E-state index in [0.29, 0.717) is 69.3 Å². The summed E-state index contributed by atoms with van der Waals surface area (Å²) in [6.45, 7) is 8.00. The molecule has 2 N–H and O–H groups in total. The molecule has 4 rings (SSSR count). The molecule has 3 heterocycles. The highest BCUT2D eigenvalue weighted by atomic mass is 16.7. The summed E-state index contributed by atoms with van der Waals surface area (Å²) in [7, 11) is 0. The molecule has 2 saturated heterocycles. The third-order valence-electron chi connectivity index (χ3n) is 8.16. The number of hydrogen-bond donors (Lipinski definition) is 2. The number of likely N-dealkylation sites (tertiary alicyclic amines) is 2. The first-order valence-corrected chi connectivity index (χ1v) is 15.1. The molecule has 0 radical (unpaired) electrons. The summed E-state index contributed by atoms with van der Waals surface area (Å²) >= 11 is 0. The third kappa shape index (κ3) is 9.25. The molecule has 0 aliphatic carbocycles. The first kappa shape index (κ1) is 31.4. The molecule has 0 saturated carbocycles. The molecule has 1 unspecified atom stereocenters. The van der Waals surface area contributed by atoms with Gasteiger partial charge in [-0.25, -0.2) is 4.79 Å². The second-order valence-electron chi connectivity index (χ2n) is 12.7. The predicted molar refractivity (Wildman–Crippen MR) is 154 cm³/mol. The number of aryl methyl sites for hydroxylation is 1. The van der Waals surface area contributed by atoms with Gasteiger partial charge in [-0.05, 0) is 89.3 Å². The lowest BCUT2D eigenvalue weighted by molar-refractivity contribution is -0.138. The van der Waals surface area contributed by atoms with Gasteiger partial charge in [0, 0.05) is 38.6 Å². The van der Waals surface area contributed by atoms with Crippen LogP contribution < -0.4 is 14.8 Å². The lowest BCUT2D eigenvalue weighted by atomic mass is 9.91. The highest BCUT2D eigenvalue weighted by molar-refractivity contribution is 5.82. The standard InChI is InChI=1S/C31H45N3O8/c1-31(2,3)42-30(39)33-15-12-21(13-16-33)8-11-27(35)34-14-4-5-23(19-34)29(38)32-24(18-28(36)37)9-6-22-7-10-25-26(17-22)41-20-40-25/h7,10,17,21,23-24H,4-6,8-9,11-16,18-20H2,1-3H3,(H,32,38)(H,36,37)/t23-,24?/m1/s1. The molecule has 2 fully saturated rings. The smallest absolute Gasteiger partial charge is 0.410 e. The predicted octanol–water partition coefficient (Wildman–Crippen LogP) is 3.97. The largest absolute Gasteiger partial charge is 0.481 e. The van der Waals surface area contributed by atoms with Crippen LogP contribution in [-0.4, -0.2) is 83.4 Å². The Hall–Kier alpha value is -3.50. The first-order valence-electron chi connectivity index (χ1n) is 15.1. The molecule has 232 valence electrons. The molecule has 3 amide bonds. The summed E-state index contributed by atoms with van der Waals surface area (Å²) in [6.07, 6.45) is 4.87. The van der Waals surface area contributed by atoms with Crippen molar-refractivity contribution in [2.24, 2.45) is 11.8 Å². The van der Waals surface area contributed by atoms with Crippen molar-refractivity contribution in [3.63, 3.8) is 0 Å². The average Bonchev–Trinajstić information content (AvgIpc) is 3.42. The molecule has 3 aliphatic heterocycles. The summed E-state index contributed by atoms with van der Waals surface area (Å²) in [5.41, 5.74) is 0.461. The zero-order valence-corrected chi connectivity index (χ0v) is 25.1. The molecular weight excluding hydrogens is 542 g/mol. The van der Waals surface area contributed by atoms with Crippen LogP contribution in [0.3, 0.4) is 0 Å². The maximum Gasteiger partial charge on any atom is 0.410 e. The number of rotatable bonds is 10. The fraction of sp³-hybridized carbons (Fsp3) is 0.677. The van der Waals surface area contributed by atoms with Crippen LogP contribution in [0.15, 0.2) is 18.2 Å². The molecule has 0 bridgehead atoms. The zero-order chi connectivity index (χ0) is 30.3. The minimum Gasteiger partial charge on any atom is -0.481 e. The van der Waals surface area contributed by atoms with E-state index in [1.54, 1.807) is 9.80 Å². The fourth-order valence-electron chi connectivity index (χ4n) is 5.83. The number of nitrogens with one attached hydrogen (secondary N) is 1. The summed E-state index contributed by atoms with van der Waals surface area (Å²) in [6, 6.07) is 5.13. The first-order chi connectivity index (χ1) is 20.0. The van der Waals surface area contributed by atoms with Crippen LogP contribution in [0.1, 0.15) is 77.7 Å². The average molecular weight is 588 g/mol. The van der Waals surface area contributed by atoms with Gasteiger partial charge in [-0.1, -0.05) is 6.07 Å². The number of carbonyl (C=O) groups is 4. The minimum atomic E-state index is -0.969. The minimum absolute atomic E-state index is 0.0481. The van der Waals surface area contributed by atoms with E-state index >= 15 is 0 Å². The second kappa shape index (κ2) is 14.1. The molecule has 2 atom stereocenters. The summed E-state index contributed by atoms with van der Waals surface area (Å²) < 4.78 is 16.2. The van der Waals surface area contributed by atoms with Crippen molar-refractivity contribution in [2.75, 3.05) is 33.0 Å². The number of nitrogens with zero attached hydrogens (tertiary/aromatic N) is 2. The van der Waals surface area contributed by atoms with Crippen LogP contribution >= 0.6 is 0 Å². The number of hydrogen-bond acceptors (Lipinski definition) is 7. The number of benzene rings is 1. The van der Waals surface area contributed by atoms with Crippen LogP contribution in [0, 0.1) is 11.8 Å². The number of amides is 3. The molecular formula is C31H45N3O8. The lowest BCUT2D eigenvalue weighted by Gasteiger charge is -2.35. The maximum atomic E-state index is 13.2. The van der Waals surface area contributed by atoms with Crippen molar-refractivity contribution < 1.29 is 38.5 Å². The van der Waals surface area contributed by atoms with Gasteiger partial charge in [-0.3, -0.25) is 14.4 Å². The Labute approximate surface area is 247 Å². The van der Waals surface area contributed by atoms with E-state index in [4.69, 9.17) is 14.2 Å². The quantitative estimate of drug-likeness (QED) is 0.420. The van der Waals surface area contributed by atoms with Crippen molar-refractivity contribution in [1.82, 2.24) is 15.1 Å². The van der Waals surface area contributed by atoms with Crippen LogP contribution in [0.5, 0.6) is 11.5 Å². The molecule has 1 aromatic rings. The van der Waals surface area contributed by atoms with Crippen LogP contribution in [0.25, 0.3) is 0 Å². The summed E-state index contributed by atoms with van der Waals surface area (Å²) in [5, 5.41) is 12.4. The van der Waals surface area contributed by atoms with Crippen molar-refractivity contribution in [2.45, 2.75) is 90.2 Å². The topological polar surface area (TPSA) is 135 Å². The number of aliphatic carboxylic acids is 1. The highest BCUT2D eigenvalue weighted by Crippen LogP contribution is 2.33. The highest BCUT2D eigenvalue weighted by Gasteiger charge is 2.31. The van der Waals surface area contributed by atoms with Crippen molar-refractivity contribution in [3.05, 3.63) is 23.8 Å². The molecule has 3 aliphatic rings. The number of ether oxygens (including phenoxy) is 3. The fourth-order valence-corrected chi connectivity index (χ4v) is 5.83. The maximum absolute atomic E-state index is 13.2. The molecule has 11 heteroatoms. The van der Waals surface area contributed by atoms with E-state index in [-0.39, 0.29) is 37.0 Å². The molecule has 11 nitrogen and oxygen atoms in total. The number of fused-ring (bicyclic) bond motifs is 1. The lowest BCUT2D eigenvalue weighted by Crippen LogP contribution is -2.48. The zero-order valence-electron chi connectivity index (χ0n) is 25.1. The number of piperidine rings is 2. The Bertz CT molecular complexity index is 1130. The molecule has 42 heavy (non-hydrogen) atoms. The van der Waals surface area contributed by atoms with Crippen LogP contribution in [0.2, 0.25) is 0 Å². The number of carboxylic acids is 1. The SMILES string of the molecule is CC(C)(C)OC(=O)N1CCC(CCC(=O)N2CCC[C@@H](C(=O)NC(CCc3ccc4c(c3)OCO4)CC(=O)O)C2)CC1. The number of carboxylic acid groups (broad SMARTS) is 1. The van der Waals surface area contributed by atoms with E-state index in [1.807, 2.05) is 39.0 Å². The van der Waals surface area contributed by atoms with Gasteiger partial charge in [-0.15, -0.1) is 0 Å². The van der Waals surface area contributed by atoms with Gasteiger partial charge in [0.05, 0.1) is 12.3 Å². The second-order valence-corrected chi connectivity index (χ2v) is 12.7. The Balaban J connectivity index is 1.21. The van der Waals surface area contributed by atoms with Gasteiger partial charge in [0.25, 0.3) is 0 Å². The molecule has 1 aromatic carbocycles. The van der Waals surface area contributed by atoms with E-state index in [2.05, 4.69) is 5.32 Å². The van der Waals surface area contributed by atoms with Gasteiger partial charge < -0.3 is 34.4 Å². The molecule has 0 aromatic heterocycles. The van der Waals surface area contributed by atoms with Gasteiger partial charge in [0.2, 0.25) is 18.6 Å². The van der Waals surface area contributed by atoms with Gasteiger partial charge >= 0.3 is 12.1 Å².